The van der Waals surface area contributed by atoms with E-state index in [0.29, 0.717) is 26.1 Å². The molecule has 6 heteroatoms. The van der Waals surface area contributed by atoms with Crippen LogP contribution >= 0.6 is 0 Å². The van der Waals surface area contributed by atoms with E-state index in [1.807, 2.05) is 6.92 Å². The van der Waals surface area contributed by atoms with Crippen molar-refractivity contribution in [3.63, 3.8) is 0 Å². The molecule has 2 rings (SSSR count). The number of hydrogen-bond acceptors (Lipinski definition) is 4. The molecule has 1 N–H and O–H groups in total. The number of aliphatic hydroxyl groups excluding tert-OH is 1. The Labute approximate surface area is 116 Å². The number of aliphatic hydroxyl groups is 1. The summed E-state index contributed by atoms with van der Waals surface area (Å²) in [7, 11) is -3.10. The Morgan fingerprint density at radius 1 is 1.47 bits per heavy atom. The molecular weight excluding hydrogens is 266 g/mol. The molecule has 5 nitrogen and oxygen atoms in total. The van der Waals surface area contributed by atoms with Gasteiger partial charge in [0.25, 0.3) is 0 Å². The maximum atomic E-state index is 11.6. The van der Waals surface area contributed by atoms with Crippen molar-refractivity contribution in [2.24, 2.45) is 11.8 Å². The van der Waals surface area contributed by atoms with Crippen LogP contribution in [0.1, 0.15) is 32.6 Å². The minimum absolute atomic E-state index is 0.212. The fraction of sp³-hybridized carbons (Fsp3) is 1.00. The van der Waals surface area contributed by atoms with E-state index < -0.39 is 10.0 Å². The van der Waals surface area contributed by atoms with Gasteiger partial charge in [0.15, 0.2) is 0 Å². The fourth-order valence-electron chi connectivity index (χ4n) is 3.17. The third kappa shape index (κ3) is 4.15. The molecule has 2 aliphatic heterocycles. The summed E-state index contributed by atoms with van der Waals surface area (Å²) in [6, 6.07) is 0. The van der Waals surface area contributed by atoms with Crippen LogP contribution in [0.2, 0.25) is 0 Å². The monoisotopic (exact) mass is 291 g/mol. The summed E-state index contributed by atoms with van der Waals surface area (Å²) >= 11 is 0. The standard InChI is InChI=1S/C13H25NO4S/c1-10-6-12(9-18-10)13(15)7-11-4-3-5-14(8-11)19(2,16)17/h10-13,15H,3-9H2,1-2H3. The largest absolute Gasteiger partial charge is 0.393 e. The van der Waals surface area contributed by atoms with Gasteiger partial charge in [0, 0.05) is 19.0 Å². The first-order chi connectivity index (χ1) is 8.86. The SMILES string of the molecule is CC1CC(C(O)CC2CCCN(S(C)(=O)=O)C2)CO1. The van der Waals surface area contributed by atoms with E-state index in [2.05, 4.69) is 0 Å². The van der Waals surface area contributed by atoms with Gasteiger partial charge in [0.1, 0.15) is 0 Å². The molecule has 0 saturated carbocycles. The first kappa shape index (κ1) is 15.2. The van der Waals surface area contributed by atoms with Gasteiger partial charge in [-0.25, -0.2) is 12.7 Å². The first-order valence-corrected chi connectivity index (χ1v) is 8.96. The number of nitrogens with zero attached hydrogens (tertiary/aromatic N) is 1. The lowest BCUT2D eigenvalue weighted by Gasteiger charge is -2.32. The van der Waals surface area contributed by atoms with E-state index >= 15 is 0 Å². The van der Waals surface area contributed by atoms with Crippen molar-refractivity contribution < 1.29 is 18.3 Å². The minimum Gasteiger partial charge on any atom is -0.393 e. The lowest BCUT2D eigenvalue weighted by Crippen LogP contribution is -2.40. The molecule has 4 unspecified atom stereocenters. The number of sulfonamides is 1. The predicted octanol–water partition coefficient (Wildman–Crippen LogP) is 0.834. The summed E-state index contributed by atoms with van der Waals surface area (Å²) in [6.45, 7) is 3.83. The fourth-order valence-corrected chi connectivity index (χ4v) is 4.12. The Balaban J connectivity index is 1.85. The first-order valence-electron chi connectivity index (χ1n) is 7.11. The molecule has 19 heavy (non-hydrogen) atoms. The number of ether oxygens (including phenoxy) is 1. The van der Waals surface area contributed by atoms with E-state index in [1.54, 1.807) is 4.31 Å². The van der Waals surface area contributed by atoms with Gasteiger partial charge in [-0.2, -0.15) is 0 Å². The highest BCUT2D eigenvalue weighted by Crippen LogP contribution is 2.29. The van der Waals surface area contributed by atoms with Crippen LogP contribution in [0.25, 0.3) is 0 Å². The van der Waals surface area contributed by atoms with Gasteiger partial charge >= 0.3 is 0 Å². The maximum Gasteiger partial charge on any atom is 0.211 e. The van der Waals surface area contributed by atoms with Crippen molar-refractivity contribution in [1.29, 1.82) is 0 Å². The van der Waals surface area contributed by atoms with Crippen molar-refractivity contribution in [2.75, 3.05) is 26.0 Å². The molecule has 0 aliphatic carbocycles. The van der Waals surface area contributed by atoms with Crippen molar-refractivity contribution in [3.05, 3.63) is 0 Å². The highest BCUT2D eigenvalue weighted by Gasteiger charge is 2.32. The molecule has 0 aromatic rings. The molecule has 0 aromatic carbocycles. The molecule has 0 aromatic heterocycles. The summed E-state index contributed by atoms with van der Waals surface area (Å²) in [4.78, 5) is 0. The highest BCUT2D eigenvalue weighted by molar-refractivity contribution is 7.88. The van der Waals surface area contributed by atoms with Crippen LogP contribution in [0.4, 0.5) is 0 Å². The Morgan fingerprint density at radius 2 is 2.21 bits per heavy atom. The topological polar surface area (TPSA) is 66.8 Å². The molecule has 0 spiro atoms. The molecular formula is C13H25NO4S. The van der Waals surface area contributed by atoms with Gasteiger partial charge in [-0.15, -0.1) is 0 Å². The average molecular weight is 291 g/mol. The Morgan fingerprint density at radius 3 is 2.79 bits per heavy atom. The zero-order chi connectivity index (χ0) is 14.0. The molecule has 0 amide bonds. The highest BCUT2D eigenvalue weighted by atomic mass is 32.2. The summed E-state index contributed by atoms with van der Waals surface area (Å²) in [5.41, 5.74) is 0. The van der Waals surface area contributed by atoms with Gasteiger partial charge in [0.05, 0.1) is 25.1 Å². The normalized spacial score (nSPS) is 35.4. The van der Waals surface area contributed by atoms with Crippen LogP contribution in [0, 0.1) is 11.8 Å². The van der Waals surface area contributed by atoms with Crippen LogP contribution in [0.5, 0.6) is 0 Å². The molecule has 112 valence electrons. The molecule has 0 bridgehead atoms. The summed E-state index contributed by atoms with van der Waals surface area (Å²) in [5, 5.41) is 10.3. The number of rotatable bonds is 4. The molecule has 0 radical (unpaired) electrons. The van der Waals surface area contributed by atoms with Crippen LogP contribution in [0.15, 0.2) is 0 Å². The second kappa shape index (κ2) is 6.08. The summed E-state index contributed by atoms with van der Waals surface area (Å²) < 4.78 is 30.1. The second-order valence-corrected chi connectivity index (χ2v) is 8.05. The molecule has 2 heterocycles. The van der Waals surface area contributed by atoms with Gasteiger partial charge < -0.3 is 9.84 Å². The van der Waals surface area contributed by atoms with Gasteiger partial charge in [0.2, 0.25) is 10.0 Å². The Bertz CT molecular complexity index is 397. The summed E-state index contributed by atoms with van der Waals surface area (Å²) in [5.74, 6) is 0.484. The second-order valence-electron chi connectivity index (χ2n) is 6.07. The average Bonchev–Trinajstić information content (AvgIpc) is 2.75. The zero-order valence-electron chi connectivity index (χ0n) is 11.8. The predicted molar refractivity (Wildman–Crippen MR) is 73.3 cm³/mol. The molecule has 2 fully saturated rings. The van der Waals surface area contributed by atoms with Gasteiger partial charge in [-0.1, -0.05) is 0 Å². The molecule has 2 aliphatic rings. The Kier molecular flexibility index (Phi) is 4.87. The third-order valence-corrected chi connectivity index (χ3v) is 5.57. The van der Waals surface area contributed by atoms with E-state index in [1.165, 1.54) is 6.26 Å². The van der Waals surface area contributed by atoms with E-state index in [9.17, 15) is 13.5 Å². The van der Waals surface area contributed by atoms with Crippen molar-refractivity contribution >= 4 is 10.0 Å². The Hall–Kier alpha value is -0.170. The molecule has 2 saturated heterocycles. The minimum atomic E-state index is -3.10. The molecule has 4 atom stereocenters. The van der Waals surface area contributed by atoms with Crippen LogP contribution in [-0.2, 0) is 14.8 Å². The van der Waals surface area contributed by atoms with E-state index in [-0.39, 0.29) is 24.0 Å². The number of hydrogen-bond donors (Lipinski definition) is 1. The lowest BCUT2D eigenvalue weighted by atomic mass is 9.87. The van der Waals surface area contributed by atoms with Gasteiger partial charge in [-0.3, -0.25) is 0 Å². The number of piperidine rings is 1. The van der Waals surface area contributed by atoms with Crippen LogP contribution < -0.4 is 0 Å². The van der Waals surface area contributed by atoms with E-state index in [0.717, 1.165) is 19.3 Å². The van der Waals surface area contributed by atoms with Crippen molar-refractivity contribution in [1.82, 2.24) is 4.31 Å². The quantitative estimate of drug-likeness (QED) is 0.833. The van der Waals surface area contributed by atoms with Gasteiger partial charge in [-0.05, 0) is 38.5 Å². The van der Waals surface area contributed by atoms with Crippen molar-refractivity contribution in [3.8, 4) is 0 Å². The zero-order valence-corrected chi connectivity index (χ0v) is 12.6. The lowest BCUT2D eigenvalue weighted by molar-refractivity contribution is 0.0571. The van der Waals surface area contributed by atoms with Crippen LogP contribution in [0.3, 0.4) is 0 Å². The smallest absolute Gasteiger partial charge is 0.211 e. The summed E-state index contributed by atoms with van der Waals surface area (Å²) in [6.07, 6.45) is 4.62. The van der Waals surface area contributed by atoms with Crippen LogP contribution in [-0.4, -0.2) is 56.0 Å². The van der Waals surface area contributed by atoms with Crippen molar-refractivity contribution in [2.45, 2.75) is 44.8 Å². The third-order valence-electron chi connectivity index (χ3n) is 4.30. The van der Waals surface area contributed by atoms with E-state index in [4.69, 9.17) is 4.74 Å². The maximum absolute atomic E-state index is 11.6.